The molecule has 0 spiro atoms. The van der Waals surface area contributed by atoms with Crippen LogP contribution in [0.4, 0.5) is 0 Å². The van der Waals surface area contributed by atoms with Crippen LogP contribution in [0.25, 0.3) is 0 Å². The summed E-state index contributed by atoms with van der Waals surface area (Å²) in [6.45, 7) is -0.296. The molecule has 6 heteroatoms. The molecule has 0 aliphatic carbocycles. The molecule has 0 aliphatic heterocycles. The van der Waals surface area contributed by atoms with Crippen LogP contribution in [0.5, 0.6) is 0 Å². The molecule has 0 amide bonds. The van der Waals surface area contributed by atoms with Gasteiger partial charge in [0.15, 0.2) is 5.96 Å². The van der Waals surface area contributed by atoms with Crippen LogP contribution in [0.2, 0.25) is 0 Å². The van der Waals surface area contributed by atoms with Crippen molar-refractivity contribution in [2.45, 2.75) is 0 Å². The number of aliphatic carboxylic acids is 1. The summed E-state index contributed by atoms with van der Waals surface area (Å²) in [5.74, 6) is -1.35. The molecule has 0 aromatic carbocycles. The summed E-state index contributed by atoms with van der Waals surface area (Å²) < 4.78 is 0. The minimum Gasteiger partial charge on any atom is -0.480 e. The van der Waals surface area contributed by atoms with E-state index in [1.807, 2.05) is 0 Å². The van der Waals surface area contributed by atoms with E-state index in [2.05, 4.69) is 5.32 Å². The molecule has 5 N–H and O–H groups in total. The first kappa shape index (κ1) is 11.1. The predicted octanol–water partition coefficient (Wildman–Crippen LogP) is -1.45. The average molecular weight is 172 g/mol. The Morgan fingerprint density at radius 3 is 2.33 bits per heavy atom. The predicted molar refractivity (Wildman–Crippen MR) is 27.6 cm³/mol. The summed E-state index contributed by atoms with van der Waals surface area (Å²) in [5.41, 5.74) is 4.75. The third kappa shape index (κ3) is 11.1. The van der Waals surface area contributed by atoms with Gasteiger partial charge in [-0.05, 0) is 0 Å². The van der Waals surface area contributed by atoms with Gasteiger partial charge in [-0.15, -0.1) is 0 Å². The number of hydrogen-bond donors (Lipinski definition) is 4. The number of nitrogens with two attached hydrogens (primary N) is 1. The summed E-state index contributed by atoms with van der Waals surface area (Å²) in [4.78, 5) is 9.69. The summed E-state index contributed by atoms with van der Waals surface area (Å²) in [6.07, 6.45) is 0. The second-order valence-electron chi connectivity index (χ2n) is 1.16. The average Bonchev–Trinajstić information content (AvgIpc) is 1.61. The zero-order valence-electron chi connectivity index (χ0n) is 4.52. The van der Waals surface area contributed by atoms with Crippen LogP contribution in [-0.2, 0) is 21.9 Å². The first-order valence-electron chi connectivity index (χ1n) is 1.92. The molecule has 1 radical (unpaired) electrons. The summed E-state index contributed by atoms with van der Waals surface area (Å²) in [7, 11) is 0. The summed E-state index contributed by atoms with van der Waals surface area (Å²) in [6, 6.07) is 0. The maximum atomic E-state index is 9.69. The third-order valence-corrected chi connectivity index (χ3v) is 0.430. The molecule has 0 unspecified atom stereocenters. The van der Waals surface area contributed by atoms with Gasteiger partial charge in [0.1, 0.15) is 6.54 Å². The van der Waals surface area contributed by atoms with E-state index in [1.165, 1.54) is 0 Å². The first-order valence-corrected chi connectivity index (χ1v) is 1.92. The van der Waals surface area contributed by atoms with Crippen LogP contribution < -0.4 is 11.1 Å². The Balaban J connectivity index is 0. The van der Waals surface area contributed by atoms with E-state index in [0.717, 1.165) is 0 Å². The number of nitrogens with one attached hydrogen (secondary N) is 2. The molecule has 0 fully saturated rings. The fraction of sp³-hybridized carbons (Fsp3) is 0.333. The van der Waals surface area contributed by atoms with Crippen molar-refractivity contribution >= 4 is 11.9 Å². The molecule has 0 heterocycles. The van der Waals surface area contributed by atoms with Gasteiger partial charge in [-0.2, -0.15) is 0 Å². The first-order chi connectivity index (χ1) is 3.63. The standard InChI is InChI=1S/C3H7N3O2.Mn/c4-3(5)6-1-2(7)8;/h1H2,(H,7,8)(H4,4,5,6);. The Morgan fingerprint density at radius 1 is 1.78 bits per heavy atom. The van der Waals surface area contributed by atoms with Crippen molar-refractivity contribution in [3.8, 4) is 0 Å². The van der Waals surface area contributed by atoms with Gasteiger partial charge in [-0.25, -0.2) is 0 Å². The van der Waals surface area contributed by atoms with E-state index >= 15 is 0 Å². The van der Waals surface area contributed by atoms with Crippen molar-refractivity contribution in [3.05, 3.63) is 0 Å². The number of hydrogen-bond acceptors (Lipinski definition) is 2. The fourth-order valence-corrected chi connectivity index (χ4v) is 0.171. The molecule has 0 rings (SSSR count). The smallest absolute Gasteiger partial charge is 0.322 e. The van der Waals surface area contributed by atoms with Gasteiger partial charge in [0.25, 0.3) is 0 Å². The van der Waals surface area contributed by atoms with Crippen LogP contribution in [0.1, 0.15) is 0 Å². The molecule has 53 valence electrons. The Morgan fingerprint density at radius 2 is 2.22 bits per heavy atom. The van der Waals surface area contributed by atoms with Crippen LogP contribution >= 0.6 is 0 Å². The Labute approximate surface area is 62.6 Å². The monoisotopic (exact) mass is 172 g/mol. The Kier molecular flexibility index (Phi) is 6.66. The molecule has 5 nitrogen and oxygen atoms in total. The van der Waals surface area contributed by atoms with Crippen LogP contribution in [-0.4, -0.2) is 23.6 Å². The topological polar surface area (TPSA) is 99.2 Å². The van der Waals surface area contributed by atoms with Crippen molar-refractivity contribution in [1.82, 2.24) is 5.32 Å². The molecule has 0 atom stereocenters. The second kappa shape index (κ2) is 5.40. The van der Waals surface area contributed by atoms with Gasteiger partial charge in [-0.1, -0.05) is 0 Å². The van der Waals surface area contributed by atoms with Gasteiger partial charge >= 0.3 is 5.97 Å². The third-order valence-electron chi connectivity index (χ3n) is 0.430. The van der Waals surface area contributed by atoms with Crippen LogP contribution in [0.3, 0.4) is 0 Å². The molecule has 0 aromatic heterocycles. The minimum absolute atomic E-state index is 0. The van der Waals surface area contributed by atoms with E-state index in [9.17, 15) is 4.79 Å². The second-order valence-corrected chi connectivity index (χ2v) is 1.16. The molecule has 0 bridgehead atoms. The van der Waals surface area contributed by atoms with Gasteiger partial charge < -0.3 is 16.2 Å². The van der Waals surface area contributed by atoms with Crippen molar-refractivity contribution in [2.24, 2.45) is 5.73 Å². The van der Waals surface area contributed by atoms with Crippen LogP contribution in [0.15, 0.2) is 0 Å². The molecule has 0 saturated heterocycles. The molecular formula is C3H7MnN3O2. The van der Waals surface area contributed by atoms with E-state index in [4.69, 9.17) is 16.2 Å². The van der Waals surface area contributed by atoms with Gasteiger partial charge in [-0.3, -0.25) is 10.2 Å². The number of carboxylic acids is 1. The molecule has 0 aliphatic rings. The number of carbonyl (C=O) groups is 1. The fourth-order valence-electron chi connectivity index (χ4n) is 0.171. The van der Waals surface area contributed by atoms with Crippen molar-refractivity contribution in [1.29, 1.82) is 5.41 Å². The maximum Gasteiger partial charge on any atom is 0.322 e. The van der Waals surface area contributed by atoms with Crippen LogP contribution in [0, 0.1) is 5.41 Å². The van der Waals surface area contributed by atoms with Gasteiger partial charge in [0, 0.05) is 17.1 Å². The molecule has 9 heavy (non-hydrogen) atoms. The van der Waals surface area contributed by atoms with E-state index in [0.29, 0.717) is 0 Å². The number of carboxylic acid groups (broad SMARTS) is 1. The Hall–Kier alpha value is -0.741. The quantitative estimate of drug-likeness (QED) is 0.232. The molecule has 0 aromatic rings. The molecule has 0 saturated carbocycles. The summed E-state index contributed by atoms with van der Waals surface area (Å²) >= 11 is 0. The normalized spacial score (nSPS) is 7.11. The zero-order chi connectivity index (χ0) is 6.57. The van der Waals surface area contributed by atoms with E-state index in [1.54, 1.807) is 0 Å². The van der Waals surface area contributed by atoms with Crippen molar-refractivity contribution in [2.75, 3.05) is 6.54 Å². The van der Waals surface area contributed by atoms with Crippen molar-refractivity contribution < 1.29 is 27.0 Å². The van der Waals surface area contributed by atoms with Gasteiger partial charge in [0.05, 0.1) is 0 Å². The van der Waals surface area contributed by atoms with Gasteiger partial charge in [0.2, 0.25) is 0 Å². The van der Waals surface area contributed by atoms with E-state index < -0.39 is 5.97 Å². The maximum absolute atomic E-state index is 9.69. The summed E-state index contributed by atoms with van der Waals surface area (Å²) in [5, 5.41) is 16.5. The van der Waals surface area contributed by atoms with Crippen molar-refractivity contribution in [3.63, 3.8) is 0 Å². The zero-order valence-corrected chi connectivity index (χ0v) is 5.70. The minimum atomic E-state index is -1.03. The SMILES string of the molecule is N=C(N)NCC(=O)O.[Mn]. The molecular weight excluding hydrogens is 165 g/mol. The Bertz CT molecular complexity index is 102. The largest absolute Gasteiger partial charge is 0.480 e. The van der Waals surface area contributed by atoms with E-state index in [-0.39, 0.29) is 29.6 Å². The number of rotatable bonds is 2. The number of guanidine groups is 1.